The summed E-state index contributed by atoms with van der Waals surface area (Å²) in [6, 6.07) is 6.89. The molecule has 0 aliphatic carbocycles. The van der Waals surface area contributed by atoms with Crippen molar-refractivity contribution in [3.05, 3.63) is 24.3 Å². The first-order valence-corrected chi connectivity index (χ1v) is 7.59. The molecule has 100 valence electrons. The zero-order valence-electron chi connectivity index (χ0n) is 10.8. The summed E-state index contributed by atoms with van der Waals surface area (Å²) in [6.07, 6.45) is 1.05. The Morgan fingerprint density at radius 2 is 1.94 bits per heavy atom. The van der Waals surface area contributed by atoms with E-state index in [1.54, 1.807) is 31.2 Å². The van der Waals surface area contributed by atoms with Crippen molar-refractivity contribution in [1.29, 1.82) is 0 Å². The van der Waals surface area contributed by atoms with Crippen LogP contribution >= 0.6 is 0 Å². The Bertz CT molecular complexity index is 540. The van der Waals surface area contributed by atoms with E-state index in [1.807, 2.05) is 0 Å². The minimum absolute atomic E-state index is 0.368. The van der Waals surface area contributed by atoms with Gasteiger partial charge in [0.25, 0.3) is 0 Å². The van der Waals surface area contributed by atoms with Crippen LogP contribution in [0.5, 0.6) is 0 Å². The van der Waals surface area contributed by atoms with Crippen LogP contribution in [0.15, 0.2) is 24.3 Å². The molecule has 18 heavy (non-hydrogen) atoms. The SMILES string of the molecule is CCN(C(=O)C(C)S(C)(=O)=O)c1ccccc1N. The van der Waals surface area contributed by atoms with Gasteiger partial charge in [0.15, 0.2) is 9.84 Å². The van der Waals surface area contributed by atoms with E-state index in [9.17, 15) is 13.2 Å². The number of rotatable bonds is 4. The van der Waals surface area contributed by atoms with Crippen LogP contribution in [-0.4, -0.2) is 32.4 Å². The van der Waals surface area contributed by atoms with Crippen molar-refractivity contribution in [3.63, 3.8) is 0 Å². The summed E-state index contributed by atoms with van der Waals surface area (Å²) in [5.74, 6) is -0.460. The quantitative estimate of drug-likeness (QED) is 0.829. The number of nitrogens with zero attached hydrogens (tertiary/aromatic N) is 1. The third kappa shape index (κ3) is 3.01. The van der Waals surface area contributed by atoms with E-state index < -0.39 is 21.0 Å². The maximum absolute atomic E-state index is 12.2. The van der Waals surface area contributed by atoms with Crippen LogP contribution in [0.25, 0.3) is 0 Å². The van der Waals surface area contributed by atoms with E-state index in [-0.39, 0.29) is 0 Å². The Morgan fingerprint density at radius 1 is 1.39 bits per heavy atom. The topological polar surface area (TPSA) is 80.5 Å². The fourth-order valence-electron chi connectivity index (χ4n) is 1.58. The zero-order valence-corrected chi connectivity index (χ0v) is 11.6. The third-order valence-corrected chi connectivity index (χ3v) is 4.29. The summed E-state index contributed by atoms with van der Waals surface area (Å²) in [5, 5.41) is -1.07. The summed E-state index contributed by atoms with van der Waals surface area (Å²) in [6.45, 7) is 3.53. The van der Waals surface area contributed by atoms with Crippen molar-refractivity contribution in [3.8, 4) is 0 Å². The maximum atomic E-state index is 12.2. The lowest BCUT2D eigenvalue weighted by atomic mass is 10.2. The Morgan fingerprint density at radius 3 is 2.39 bits per heavy atom. The summed E-state index contributed by atoms with van der Waals surface area (Å²) >= 11 is 0. The highest BCUT2D eigenvalue weighted by atomic mass is 32.2. The van der Waals surface area contributed by atoms with Crippen molar-refractivity contribution < 1.29 is 13.2 Å². The number of carbonyl (C=O) groups excluding carboxylic acids is 1. The van der Waals surface area contributed by atoms with E-state index in [1.165, 1.54) is 11.8 Å². The molecule has 0 radical (unpaired) electrons. The number of carbonyl (C=O) groups is 1. The molecule has 0 aliphatic rings. The van der Waals surface area contributed by atoms with Crippen LogP contribution in [0, 0.1) is 0 Å². The van der Waals surface area contributed by atoms with Crippen molar-refractivity contribution in [2.45, 2.75) is 19.1 Å². The van der Waals surface area contributed by atoms with Gasteiger partial charge in [-0.2, -0.15) is 0 Å². The van der Waals surface area contributed by atoms with Gasteiger partial charge in [-0.25, -0.2) is 8.42 Å². The number of amides is 1. The summed E-state index contributed by atoms with van der Waals surface area (Å²) in [5.41, 5.74) is 6.80. The highest BCUT2D eigenvalue weighted by molar-refractivity contribution is 7.92. The molecule has 0 spiro atoms. The second-order valence-electron chi connectivity index (χ2n) is 4.11. The number of hydrogen-bond donors (Lipinski definition) is 1. The van der Waals surface area contributed by atoms with E-state index >= 15 is 0 Å². The van der Waals surface area contributed by atoms with Gasteiger partial charge in [-0.05, 0) is 26.0 Å². The first kappa shape index (κ1) is 14.5. The van der Waals surface area contributed by atoms with Crippen molar-refractivity contribution in [2.24, 2.45) is 0 Å². The molecule has 1 aromatic carbocycles. The van der Waals surface area contributed by atoms with Crippen LogP contribution in [0.2, 0.25) is 0 Å². The van der Waals surface area contributed by atoms with Gasteiger partial charge in [-0.3, -0.25) is 4.79 Å². The molecular formula is C12H18N2O3S. The zero-order chi connectivity index (χ0) is 13.9. The van der Waals surface area contributed by atoms with Crippen LogP contribution in [0.1, 0.15) is 13.8 Å². The van der Waals surface area contributed by atoms with Gasteiger partial charge in [-0.15, -0.1) is 0 Å². The normalized spacial score (nSPS) is 13.1. The van der Waals surface area contributed by atoms with Gasteiger partial charge in [0.05, 0.1) is 11.4 Å². The van der Waals surface area contributed by atoms with Gasteiger partial charge in [0.2, 0.25) is 5.91 Å². The standard InChI is InChI=1S/C12H18N2O3S/c1-4-14(11-8-6-5-7-10(11)13)12(15)9(2)18(3,16)17/h5-9H,4,13H2,1-3H3. The molecule has 1 amide bonds. The molecule has 5 nitrogen and oxygen atoms in total. The number of nitrogen functional groups attached to an aromatic ring is 1. The van der Waals surface area contributed by atoms with Gasteiger partial charge in [-0.1, -0.05) is 12.1 Å². The molecule has 0 bridgehead atoms. The fourth-order valence-corrected chi connectivity index (χ4v) is 2.07. The molecule has 0 aromatic heterocycles. The molecule has 1 atom stereocenters. The number of sulfone groups is 1. The number of anilines is 2. The number of benzene rings is 1. The Kier molecular flexibility index (Phi) is 4.34. The highest BCUT2D eigenvalue weighted by Gasteiger charge is 2.29. The average Bonchev–Trinajstić information content (AvgIpc) is 2.30. The Labute approximate surface area is 108 Å². The number of para-hydroxylation sites is 2. The largest absolute Gasteiger partial charge is 0.397 e. The van der Waals surface area contributed by atoms with Gasteiger partial charge >= 0.3 is 0 Å². The van der Waals surface area contributed by atoms with E-state index in [0.29, 0.717) is 17.9 Å². The lowest BCUT2D eigenvalue weighted by Crippen LogP contribution is -2.41. The number of nitrogens with two attached hydrogens (primary N) is 1. The third-order valence-electron chi connectivity index (χ3n) is 2.80. The summed E-state index contributed by atoms with van der Waals surface area (Å²) in [7, 11) is -3.41. The van der Waals surface area contributed by atoms with Crippen LogP contribution in [0.3, 0.4) is 0 Å². The minimum Gasteiger partial charge on any atom is -0.397 e. The van der Waals surface area contributed by atoms with Crippen molar-refractivity contribution in [2.75, 3.05) is 23.4 Å². The molecule has 0 saturated carbocycles. The Hall–Kier alpha value is -1.56. The van der Waals surface area contributed by atoms with Gasteiger partial charge in [0.1, 0.15) is 5.25 Å². The highest BCUT2D eigenvalue weighted by Crippen LogP contribution is 2.23. The monoisotopic (exact) mass is 270 g/mol. The van der Waals surface area contributed by atoms with Crippen LogP contribution in [-0.2, 0) is 14.6 Å². The van der Waals surface area contributed by atoms with Crippen molar-refractivity contribution >= 4 is 27.1 Å². The van der Waals surface area contributed by atoms with Crippen molar-refractivity contribution in [1.82, 2.24) is 0 Å². The average molecular weight is 270 g/mol. The molecular weight excluding hydrogens is 252 g/mol. The lowest BCUT2D eigenvalue weighted by molar-refractivity contribution is -0.117. The second kappa shape index (κ2) is 5.39. The molecule has 0 aliphatic heterocycles. The second-order valence-corrected chi connectivity index (χ2v) is 6.48. The predicted octanol–water partition coefficient (Wildman–Crippen LogP) is 1.05. The molecule has 2 N–H and O–H groups in total. The van der Waals surface area contributed by atoms with Crippen LogP contribution in [0.4, 0.5) is 11.4 Å². The maximum Gasteiger partial charge on any atom is 0.245 e. The van der Waals surface area contributed by atoms with E-state index in [4.69, 9.17) is 5.73 Å². The van der Waals surface area contributed by atoms with E-state index in [2.05, 4.69) is 0 Å². The lowest BCUT2D eigenvalue weighted by Gasteiger charge is -2.25. The summed E-state index contributed by atoms with van der Waals surface area (Å²) < 4.78 is 22.9. The van der Waals surface area contributed by atoms with Crippen LogP contribution < -0.4 is 10.6 Å². The molecule has 0 saturated heterocycles. The molecule has 0 heterocycles. The molecule has 6 heteroatoms. The molecule has 1 unspecified atom stereocenters. The van der Waals surface area contributed by atoms with Gasteiger partial charge < -0.3 is 10.6 Å². The first-order valence-electron chi connectivity index (χ1n) is 5.63. The first-order chi connectivity index (χ1) is 8.29. The fraction of sp³-hybridized carbons (Fsp3) is 0.417. The molecule has 1 aromatic rings. The Balaban J connectivity index is 3.13. The predicted molar refractivity (Wildman–Crippen MR) is 73.2 cm³/mol. The molecule has 0 fully saturated rings. The minimum atomic E-state index is -3.41. The smallest absolute Gasteiger partial charge is 0.245 e. The van der Waals surface area contributed by atoms with Gasteiger partial charge in [0, 0.05) is 12.8 Å². The van der Waals surface area contributed by atoms with E-state index in [0.717, 1.165) is 6.26 Å². The molecule has 1 rings (SSSR count). The summed E-state index contributed by atoms with van der Waals surface area (Å²) in [4.78, 5) is 13.6. The number of hydrogen-bond acceptors (Lipinski definition) is 4.